The highest BCUT2D eigenvalue weighted by atomic mass is 16.5. The van der Waals surface area contributed by atoms with Gasteiger partial charge in [0.25, 0.3) is 0 Å². The predicted molar refractivity (Wildman–Crippen MR) is 141 cm³/mol. The van der Waals surface area contributed by atoms with Gasteiger partial charge in [-0.3, -0.25) is 14.5 Å². The molecule has 0 saturated carbocycles. The molecule has 0 bridgehead atoms. The van der Waals surface area contributed by atoms with E-state index >= 15 is 0 Å². The first kappa shape index (κ1) is 26.4. The number of rotatable bonds is 5. The molecular weight excluding hydrogens is 454 g/mol. The molecule has 4 rings (SSSR count). The molecule has 0 unspecified atom stereocenters. The number of nitrogens with zero attached hydrogens (tertiary/aromatic N) is 5. The Morgan fingerprint density at radius 2 is 1.75 bits per heavy atom. The van der Waals surface area contributed by atoms with Crippen molar-refractivity contribution in [3.05, 3.63) is 47.5 Å². The van der Waals surface area contributed by atoms with Crippen LogP contribution in [0.4, 0.5) is 5.69 Å². The fourth-order valence-electron chi connectivity index (χ4n) is 5.17. The van der Waals surface area contributed by atoms with Crippen LogP contribution in [0.1, 0.15) is 62.4 Å². The lowest BCUT2D eigenvalue weighted by atomic mass is 10.0. The molecule has 1 fully saturated rings. The summed E-state index contributed by atoms with van der Waals surface area (Å²) in [5.41, 5.74) is 3.20. The molecule has 0 spiro atoms. The molecule has 8 nitrogen and oxygen atoms in total. The van der Waals surface area contributed by atoms with Gasteiger partial charge in [-0.15, -0.1) is 0 Å². The van der Waals surface area contributed by atoms with Crippen LogP contribution in [0.15, 0.2) is 30.6 Å². The van der Waals surface area contributed by atoms with Crippen molar-refractivity contribution in [2.75, 3.05) is 44.3 Å². The van der Waals surface area contributed by atoms with Gasteiger partial charge < -0.3 is 19.1 Å². The molecule has 2 aromatic rings. The number of benzene rings is 1. The molecule has 1 aromatic heterocycles. The lowest BCUT2D eigenvalue weighted by molar-refractivity contribution is -0.132. The molecule has 1 aromatic carbocycles. The molecule has 0 atom stereocenters. The van der Waals surface area contributed by atoms with Gasteiger partial charge in [0.2, 0.25) is 11.8 Å². The highest BCUT2D eigenvalue weighted by molar-refractivity contribution is 5.92. The van der Waals surface area contributed by atoms with Crippen LogP contribution in [0.2, 0.25) is 0 Å². The third kappa shape index (κ3) is 7.17. The van der Waals surface area contributed by atoms with E-state index < -0.39 is 0 Å². The fourth-order valence-corrected chi connectivity index (χ4v) is 5.17. The quantitative estimate of drug-likeness (QED) is 0.632. The predicted octanol–water partition coefficient (Wildman–Crippen LogP) is 3.76. The number of morpholine rings is 1. The van der Waals surface area contributed by atoms with Gasteiger partial charge >= 0.3 is 0 Å². The number of carbonyl (C=O) groups excluding carboxylic acids is 2. The monoisotopic (exact) mass is 495 g/mol. The van der Waals surface area contributed by atoms with E-state index in [1.807, 2.05) is 27.5 Å². The number of ether oxygens (including phenoxy) is 1. The Morgan fingerprint density at radius 3 is 2.47 bits per heavy atom. The van der Waals surface area contributed by atoms with Gasteiger partial charge in [0.05, 0.1) is 13.2 Å². The minimum atomic E-state index is 0.0605. The van der Waals surface area contributed by atoms with Crippen molar-refractivity contribution >= 4 is 17.5 Å². The molecule has 36 heavy (non-hydrogen) atoms. The Kier molecular flexibility index (Phi) is 9.53. The van der Waals surface area contributed by atoms with E-state index in [1.165, 1.54) is 5.56 Å². The minimum absolute atomic E-state index is 0.0605. The largest absolute Gasteiger partial charge is 0.379 e. The SMILES string of the molecule is CC(=O)N1CCCCCCCN(C(=O)CCn2ccnc2C)Cc2ccc(CN3CCOCC3)cc21. The lowest BCUT2D eigenvalue weighted by Gasteiger charge is -2.30. The molecule has 8 heteroatoms. The molecule has 0 radical (unpaired) electrons. The molecule has 0 aliphatic carbocycles. The summed E-state index contributed by atoms with van der Waals surface area (Å²) in [6.45, 7) is 10.5. The van der Waals surface area contributed by atoms with Crippen molar-refractivity contribution < 1.29 is 14.3 Å². The van der Waals surface area contributed by atoms with Gasteiger partial charge in [-0.1, -0.05) is 31.4 Å². The fraction of sp³-hybridized carbons (Fsp3) is 0.607. The third-order valence-corrected chi connectivity index (χ3v) is 7.34. The summed E-state index contributed by atoms with van der Waals surface area (Å²) in [4.78, 5) is 36.7. The summed E-state index contributed by atoms with van der Waals surface area (Å²) in [7, 11) is 0. The maximum absolute atomic E-state index is 13.4. The first-order valence-corrected chi connectivity index (χ1v) is 13.5. The number of imidazole rings is 1. The lowest BCUT2D eigenvalue weighted by Crippen LogP contribution is -2.36. The molecule has 2 aliphatic heterocycles. The summed E-state index contributed by atoms with van der Waals surface area (Å²) in [6.07, 6.45) is 9.49. The summed E-state index contributed by atoms with van der Waals surface area (Å²) in [6, 6.07) is 6.47. The highest BCUT2D eigenvalue weighted by Gasteiger charge is 2.22. The van der Waals surface area contributed by atoms with Crippen LogP contribution in [0.5, 0.6) is 0 Å². The Bertz CT molecular complexity index is 1010. The number of carbonyl (C=O) groups is 2. The van der Waals surface area contributed by atoms with Crippen molar-refractivity contribution in [2.24, 2.45) is 0 Å². The Labute approximate surface area is 215 Å². The average Bonchev–Trinajstić information content (AvgIpc) is 3.28. The maximum atomic E-state index is 13.4. The number of fused-ring (bicyclic) bond motifs is 1. The smallest absolute Gasteiger partial charge is 0.224 e. The van der Waals surface area contributed by atoms with Crippen LogP contribution in [0.25, 0.3) is 0 Å². The van der Waals surface area contributed by atoms with E-state index in [9.17, 15) is 9.59 Å². The number of aromatic nitrogens is 2. The number of amides is 2. The van der Waals surface area contributed by atoms with E-state index in [2.05, 4.69) is 28.1 Å². The van der Waals surface area contributed by atoms with Crippen molar-refractivity contribution in [3.63, 3.8) is 0 Å². The zero-order chi connectivity index (χ0) is 25.3. The number of anilines is 1. The van der Waals surface area contributed by atoms with Crippen LogP contribution in [-0.4, -0.2) is 70.6 Å². The van der Waals surface area contributed by atoms with Crippen molar-refractivity contribution in [1.82, 2.24) is 19.4 Å². The van der Waals surface area contributed by atoms with E-state index in [0.29, 0.717) is 19.5 Å². The zero-order valence-electron chi connectivity index (χ0n) is 22.0. The summed E-state index contributed by atoms with van der Waals surface area (Å²) in [5, 5.41) is 0. The normalized spacial score (nSPS) is 18.3. The number of hydrogen-bond acceptors (Lipinski definition) is 5. The summed E-state index contributed by atoms with van der Waals surface area (Å²) < 4.78 is 7.53. The molecule has 196 valence electrons. The van der Waals surface area contributed by atoms with E-state index in [0.717, 1.165) is 95.1 Å². The first-order valence-electron chi connectivity index (χ1n) is 13.5. The van der Waals surface area contributed by atoms with Crippen LogP contribution in [-0.2, 0) is 34.0 Å². The van der Waals surface area contributed by atoms with Crippen molar-refractivity contribution in [2.45, 2.75) is 72.0 Å². The second-order valence-electron chi connectivity index (χ2n) is 10.0. The zero-order valence-corrected chi connectivity index (χ0v) is 22.0. The van der Waals surface area contributed by atoms with Crippen LogP contribution < -0.4 is 4.90 Å². The van der Waals surface area contributed by atoms with E-state index in [-0.39, 0.29) is 11.8 Å². The van der Waals surface area contributed by atoms with Crippen molar-refractivity contribution in [1.29, 1.82) is 0 Å². The second kappa shape index (κ2) is 13.0. The molecule has 2 amide bonds. The number of hydrogen-bond donors (Lipinski definition) is 0. The van der Waals surface area contributed by atoms with Gasteiger partial charge in [-0.25, -0.2) is 4.98 Å². The Morgan fingerprint density at radius 1 is 1.00 bits per heavy atom. The van der Waals surface area contributed by atoms with Crippen LogP contribution in [0.3, 0.4) is 0 Å². The average molecular weight is 496 g/mol. The van der Waals surface area contributed by atoms with Gasteiger partial charge in [0.1, 0.15) is 5.82 Å². The second-order valence-corrected chi connectivity index (χ2v) is 10.0. The molecule has 0 N–H and O–H groups in total. The summed E-state index contributed by atoms with van der Waals surface area (Å²) in [5.74, 6) is 1.13. The van der Waals surface area contributed by atoms with Crippen LogP contribution >= 0.6 is 0 Å². The standard InChI is InChI=1S/C28H41N5O3/c1-23-29-11-15-31(23)14-10-28(35)32-12-6-4-3-5-7-13-33(24(2)34)27-20-25(8-9-26(27)22-32)21-30-16-18-36-19-17-30/h8-9,11,15,20H,3-7,10,12-14,16-19,21-22H2,1-2H3. The minimum Gasteiger partial charge on any atom is -0.379 e. The molecule has 3 heterocycles. The van der Waals surface area contributed by atoms with Crippen LogP contribution in [0, 0.1) is 6.92 Å². The van der Waals surface area contributed by atoms with Gasteiger partial charge in [0, 0.05) is 77.2 Å². The molecule has 2 aliphatic rings. The maximum Gasteiger partial charge on any atom is 0.224 e. The molecule has 1 saturated heterocycles. The molecular formula is C28H41N5O3. The summed E-state index contributed by atoms with van der Waals surface area (Å²) >= 11 is 0. The first-order chi connectivity index (χ1) is 17.5. The van der Waals surface area contributed by atoms with Gasteiger partial charge in [-0.2, -0.15) is 0 Å². The van der Waals surface area contributed by atoms with Crippen molar-refractivity contribution in [3.8, 4) is 0 Å². The topological polar surface area (TPSA) is 70.9 Å². The van der Waals surface area contributed by atoms with Gasteiger partial charge in [0.15, 0.2) is 0 Å². The third-order valence-electron chi connectivity index (χ3n) is 7.34. The number of aryl methyl sites for hydroxylation is 2. The highest BCUT2D eigenvalue weighted by Crippen LogP contribution is 2.27. The van der Waals surface area contributed by atoms with E-state index in [4.69, 9.17) is 4.74 Å². The van der Waals surface area contributed by atoms with Gasteiger partial charge in [-0.05, 0) is 37.0 Å². The van der Waals surface area contributed by atoms with E-state index in [1.54, 1.807) is 13.1 Å². The Hall–Kier alpha value is -2.71. The Balaban J connectivity index is 1.57.